The topological polar surface area (TPSA) is 28.2 Å². The molecule has 1 aliphatic carbocycles. The van der Waals surface area contributed by atoms with Crippen molar-refractivity contribution in [3.05, 3.63) is 57.1 Å². The van der Waals surface area contributed by atoms with Gasteiger partial charge in [0.2, 0.25) is 0 Å². The number of hydrogen-bond donors (Lipinski definition) is 1. The normalized spacial score (nSPS) is 26.7. The molecule has 22 heavy (non-hydrogen) atoms. The fraction of sp³-hybridized carbons (Fsp3) is 0.353. The lowest BCUT2D eigenvalue weighted by molar-refractivity contribution is 0.292. The van der Waals surface area contributed by atoms with Gasteiger partial charge in [0.05, 0.1) is 4.47 Å². The predicted octanol–water partition coefficient (Wildman–Crippen LogP) is 4.15. The molecule has 1 aromatic heterocycles. The highest BCUT2D eigenvalue weighted by Gasteiger charge is 2.55. The molecule has 2 unspecified atom stereocenters. The number of likely N-dealkylation sites (tertiary alicyclic amines) is 1. The number of hydrogen-bond acceptors (Lipinski definition) is 3. The molecule has 0 radical (unpaired) electrons. The number of anilines is 1. The summed E-state index contributed by atoms with van der Waals surface area (Å²) in [4.78, 5) is 7.02. The summed E-state index contributed by atoms with van der Waals surface area (Å²) in [7, 11) is 0. The fourth-order valence-electron chi connectivity index (χ4n) is 3.48. The third-order valence-electron chi connectivity index (χ3n) is 4.63. The Morgan fingerprint density at radius 2 is 1.86 bits per heavy atom. The van der Waals surface area contributed by atoms with Crippen molar-refractivity contribution in [1.82, 2.24) is 9.88 Å². The smallest absolute Gasteiger partial charge is 0.140 e. The Morgan fingerprint density at radius 1 is 1.14 bits per heavy atom. The zero-order chi connectivity index (χ0) is 15.1. The molecule has 0 spiro atoms. The van der Waals surface area contributed by atoms with Gasteiger partial charge in [-0.15, -0.1) is 0 Å². The summed E-state index contributed by atoms with van der Waals surface area (Å²) in [6.45, 7) is 3.44. The molecular formula is C17H17Br2N3. The molecule has 1 saturated carbocycles. The molecule has 3 nitrogen and oxygen atoms in total. The van der Waals surface area contributed by atoms with Gasteiger partial charge in [0.1, 0.15) is 5.82 Å². The van der Waals surface area contributed by atoms with Crippen LogP contribution in [-0.2, 0) is 6.54 Å². The van der Waals surface area contributed by atoms with E-state index in [2.05, 4.69) is 77.4 Å². The average molecular weight is 423 g/mol. The lowest BCUT2D eigenvalue weighted by Gasteiger charge is -2.20. The number of piperidine rings is 1. The van der Waals surface area contributed by atoms with E-state index in [1.807, 2.05) is 12.3 Å². The second kappa shape index (κ2) is 5.95. The molecule has 1 aliphatic heterocycles. The SMILES string of the molecule is Brc1cnc(NC2C3CN(Cc4ccccc4)CC32)c(Br)c1. The summed E-state index contributed by atoms with van der Waals surface area (Å²) >= 11 is 7.01. The molecule has 2 heterocycles. The summed E-state index contributed by atoms with van der Waals surface area (Å²) in [6.07, 6.45) is 1.84. The number of benzene rings is 1. The number of rotatable bonds is 4. The molecule has 0 bridgehead atoms. The Labute approximate surface area is 147 Å². The Hall–Kier alpha value is -0.910. The van der Waals surface area contributed by atoms with Gasteiger partial charge in [-0.1, -0.05) is 30.3 Å². The molecule has 2 atom stereocenters. The summed E-state index contributed by atoms with van der Waals surface area (Å²) in [5.74, 6) is 2.49. The van der Waals surface area contributed by atoms with Crippen molar-refractivity contribution in [3.8, 4) is 0 Å². The molecular weight excluding hydrogens is 406 g/mol. The van der Waals surface area contributed by atoms with Gasteiger partial charge in [0.25, 0.3) is 0 Å². The van der Waals surface area contributed by atoms with Crippen molar-refractivity contribution in [1.29, 1.82) is 0 Å². The van der Waals surface area contributed by atoms with Crippen LogP contribution in [0.1, 0.15) is 5.56 Å². The molecule has 0 amide bonds. The van der Waals surface area contributed by atoms with Gasteiger partial charge in [-0.2, -0.15) is 0 Å². The molecule has 4 rings (SSSR count). The van der Waals surface area contributed by atoms with Gasteiger partial charge in [0, 0.05) is 36.3 Å². The van der Waals surface area contributed by atoms with Crippen molar-refractivity contribution in [2.75, 3.05) is 18.4 Å². The first-order valence-corrected chi connectivity index (χ1v) is 9.13. The first kappa shape index (κ1) is 14.7. The van der Waals surface area contributed by atoms with E-state index in [1.54, 1.807) is 0 Å². The molecule has 114 valence electrons. The molecule has 5 heteroatoms. The average Bonchev–Trinajstić information content (AvgIpc) is 2.95. The van der Waals surface area contributed by atoms with E-state index < -0.39 is 0 Å². The summed E-state index contributed by atoms with van der Waals surface area (Å²) in [6, 6.07) is 13.4. The Kier molecular flexibility index (Phi) is 3.96. The Balaban J connectivity index is 1.33. The van der Waals surface area contributed by atoms with Crippen LogP contribution in [0.25, 0.3) is 0 Å². The first-order chi connectivity index (χ1) is 10.7. The molecule has 1 saturated heterocycles. The Bertz CT molecular complexity index is 665. The van der Waals surface area contributed by atoms with Crippen LogP contribution in [0.3, 0.4) is 0 Å². The highest BCUT2D eigenvalue weighted by molar-refractivity contribution is 9.11. The largest absolute Gasteiger partial charge is 0.366 e. The second-order valence-electron chi connectivity index (χ2n) is 6.16. The van der Waals surface area contributed by atoms with Gasteiger partial charge in [0.15, 0.2) is 0 Å². The van der Waals surface area contributed by atoms with Gasteiger partial charge in [-0.05, 0) is 55.3 Å². The standard InChI is InChI=1S/C17H17Br2N3/c18-12-6-15(19)17(20-7-12)21-16-13-9-22(10-14(13)16)8-11-4-2-1-3-5-11/h1-7,13-14,16H,8-10H2,(H,20,21). The first-order valence-electron chi connectivity index (χ1n) is 7.54. The molecule has 2 fully saturated rings. The van der Waals surface area contributed by atoms with Crippen LogP contribution in [0.4, 0.5) is 5.82 Å². The van der Waals surface area contributed by atoms with Crippen molar-refractivity contribution >= 4 is 37.7 Å². The lowest BCUT2D eigenvalue weighted by atomic mass is 10.2. The highest BCUT2D eigenvalue weighted by atomic mass is 79.9. The number of aromatic nitrogens is 1. The van der Waals surface area contributed by atoms with E-state index in [0.29, 0.717) is 6.04 Å². The van der Waals surface area contributed by atoms with Crippen molar-refractivity contribution in [2.45, 2.75) is 12.6 Å². The van der Waals surface area contributed by atoms with E-state index in [4.69, 9.17) is 0 Å². The predicted molar refractivity (Wildman–Crippen MR) is 95.7 cm³/mol. The second-order valence-corrected chi connectivity index (χ2v) is 7.93. The maximum Gasteiger partial charge on any atom is 0.140 e. The number of fused-ring (bicyclic) bond motifs is 1. The van der Waals surface area contributed by atoms with Crippen molar-refractivity contribution in [2.24, 2.45) is 11.8 Å². The van der Waals surface area contributed by atoms with Gasteiger partial charge < -0.3 is 5.32 Å². The van der Waals surface area contributed by atoms with E-state index in [1.165, 1.54) is 18.7 Å². The van der Waals surface area contributed by atoms with Crippen molar-refractivity contribution in [3.63, 3.8) is 0 Å². The van der Waals surface area contributed by atoms with E-state index in [9.17, 15) is 0 Å². The van der Waals surface area contributed by atoms with Crippen LogP contribution in [0.5, 0.6) is 0 Å². The van der Waals surface area contributed by atoms with Crippen LogP contribution in [0.15, 0.2) is 51.5 Å². The number of nitrogens with one attached hydrogen (secondary N) is 1. The zero-order valence-electron chi connectivity index (χ0n) is 12.0. The number of nitrogens with zero attached hydrogens (tertiary/aromatic N) is 2. The Morgan fingerprint density at radius 3 is 2.55 bits per heavy atom. The monoisotopic (exact) mass is 421 g/mol. The molecule has 1 N–H and O–H groups in total. The minimum Gasteiger partial charge on any atom is -0.366 e. The van der Waals surface area contributed by atoms with Gasteiger partial charge in [-0.25, -0.2) is 4.98 Å². The summed E-state index contributed by atoms with van der Waals surface area (Å²) < 4.78 is 2.02. The third-order valence-corrected chi connectivity index (χ3v) is 5.67. The van der Waals surface area contributed by atoms with Crippen molar-refractivity contribution < 1.29 is 0 Å². The minimum atomic E-state index is 0.581. The van der Waals surface area contributed by atoms with Crippen LogP contribution in [-0.4, -0.2) is 29.0 Å². The summed E-state index contributed by atoms with van der Waals surface area (Å²) in [5.41, 5.74) is 1.41. The zero-order valence-corrected chi connectivity index (χ0v) is 15.2. The van der Waals surface area contributed by atoms with E-state index in [-0.39, 0.29) is 0 Å². The molecule has 2 aromatic rings. The van der Waals surface area contributed by atoms with E-state index >= 15 is 0 Å². The third kappa shape index (κ3) is 2.94. The molecule has 2 aliphatic rings. The van der Waals surface area contributed by atoms with Crippen LogP contribution < -0.4 is 5.32 Å². The van der Waals surface area contributed by atoms with Crippen LogP contribution in [0, 0.1) is 11.8 Å². The minimum absolute atomic E-state index is 0.581. The molecule has 1 aromatic carbocycles. The maximum atomic E-state index is 4.45. The van der Waals surface area contributed by atoms with Gasteiger partial charge in [-0.3, -0.25) is 4.90 Å². The quantitative estimate of drug-likeness (QED) is 0.802. The van der Waals surface area contributed by atoms with Crippen LogP contribution in [0.2, 0.25) is 0 Å². The number of pyridine rings is 1. The van der Waals surface area contributed by atoms with Crippen LogP contribution >= 0.6 is 31.9 Å². The summed E-state index contributed by atoms with van der Waals surface area (Å²) in [5, 5.41) is 3.59. The number of halogens is 2. The maximum absolute atomic E-state index is 4.45. The lowest BCUT2D eigenvalue weighted by Crippen LogP contribution is -2.27. The van der Waals surface area contributed by atoms with E-state index in [0.717, 1.165) is 33.1 Å². The van der Waals surface area contributed by atoms with Gasteiger partial charge >= 0.3 is 0 Å². The fourth-order valence-corrected chi connectivity index (χ4v) is 4.58. The highest BCUT2D eigenvalue weighted by Crippen LogP contribution is 2.47.